The molecule has 0 spiro atoms. The average Bonchev–Trinajstić information content (AvgIpc) is 3.04. The van der Waals surface area contributed by atoms with Gasteiger partial charge in [-0.05, 0) is 38.0 Å². The molecular weight excluding hydrogens is 256 g/mol. The topological polar surface area (TPSA) is 34.1 Å². The number of nitrogens with one attached hydrogen (secondary N) is 1. The molecule has 0 saturated heterocycles. The van der Waals surface area contributed by atoms with Gasteiger partial charge in [0.05, 0.1) is 17.8 Å². The van der Waals surface area contributed by atoms with E-state index in [-0.39, 0.29) is 5.54 Å². The van der Waals surface area contributed by atoms with Crippen LogP contribution in [0.1, 0.15) is 48.2 Å². The number of hydrogen-bond donors (Lipinski definition) is 1. The molecule has 2 aliphatic carbocycles. The molecule has 0 amide bonds. The minimum Gasteiger partial charge on any atom is -0.383 e. The van der Waals surface area contributed by atoms with Crippen molar-refractivity contribution >= 4 is 11.3 Å². The summed E-state index contributed by atoms with van der Waals surface area (Å²) in [5.41, 5.74) is 1.50. The van der Waals surface area contributed by atoms with Crippen molar-refractivity contribution in [2.24, 2.45) is 5.92 Å². The molecule has 19 heavy (non-hydrogen) atoms. The van der Waals surface area contributed by atoms with E-state index in [1.165, 1.54) is 49.2 Å². The Bertz CT molecular complexity index is 424. The Morgan fingerprint density at radius 1 is 1.42 bits per heavy atom. The van der Waals surface area contributed by atoms with E-state index >= 15 is 0 Å². The van der Waals surface area contributed by atoms with Gasteiger partial charge in [-0.15, -0.1) is 11.3 Å². The van der Waals surface area contributed by atoms with Gasteiger partial charge in [0.15, 0.2) is 0 Å². The molecule has 2 atom stereocenters. The molecule has 2 unspecified atom stereocenters. The number of hydrogen-bond acceptors (Lipinski definition) is 4. The molecular formula is C15H24N2OS. The van der Waals surface area contributed by atoms with Crippen molar-refractivity contribution in [2.75, 3.05) is 20.3 Å². The van der Waals surface area contributed by atoms with E-state index in [2.05, 4.69) is 12.2 Å². The highest BCUT2D eigenvalue weighted by Crippen LogP contribution is 2.46. The minimum atomic E-state index is 0.119. The zero-order valence-corrected chi connectivity index (χ0v) is 12.8. The number of ether oxygens (including phenoxy) is 1. The number of methoxy groups -OCH3 is 1. The lowest BCUT2D eigenvalue weighted by Crippen LogP contribution is -2.46. The van der Waals surface area contributed by atoms with Crippen LogP contribution in [0.2, 0.25) is 0 Å². The summed E-state index contributed by atoms with van der Waals surface area (Å²) in [6.07, 6.45) is 7.58. The van der Waals surface area contributed by atoms with Gasteiger partial charge in [-0.2, -0.15) is 0 Å². The first-order valence-electron chi connectivity index (χ1n) is 7.49. The van der Waals surface area contributed by atoms with E-state index in [1.54, 1.807) is 12.0 Å². The fourth-order valence-electron chi connectivity index (χ4n) is 3.59. The van der Waals surface area contributed by atoms with Crippen LogP contribution < -0.4 is 5.32 Å². The van der Waals surface area contributed by atoms with E-state index in [0.29, 0.717) is 5.92 Å². The third-order valence-electron chi connectivity index (χ3n) is 4.77. The summed E-state index contributed by atoms with van der Waals surface area (Å²) in [5, 5.41) is 5.12. The maximum Gasteiger partial charge on any atom is 0.114 e. The van der Waals surface area contributed by atoms with Crippen molar-refractivity contribution in [3.05, 3.63) is 15.6 Å². The largest absolute Gasteiger partial charge is 0.383 e. The van der Waals surface area contributed by atoms with Crippen molar-refractivity contribution in [3.8, 4) is 0 Å². The van der Waals surface area contributed by atoms with Gasteiger partial charge >= 0.3 is 0 Å². The number of thiazole rings is 1. The first-order valence-corrected chi connectivity index (χ1v) is 8.31. The molecule has 106 valence electrons. The Kier molecular flexibility index (Phi) is 3.92. The molecule has 0 aliphatic heterocycles. The Morgan fingerprint density at radius 2 is 2.32 bits per heavy atom. The molecule has 2 aliphatic rings. The average molecular weight is 280 g/mol. The zero-order chi connectivity index (χ0) is 13.3. The van der Waals surface area contributed by atoms with E-state index < -0.39 is 0 Å². The van der Waals surface area contributed by atoms with Gasteiger partial charge in [0, 0.05) is 18.5 Å². The van der Waals surface area contributed by atoms with Gasteiger partial charge in [-0.3, -0.25) is 0 Å². The summed E-state index contributed by atoms with van der Waals surface area (Å²) >= 11 is 1.97. The van der Waals surface area contributed by atoms with Crippen LogP contribution in [0.15, 0.2) is 0 Å². The van der Waals surface area contributed by atoms with Gasteiger partial charge in [0.25, 0.3) is 0 Å². The van der Waals surface area contributed by atoms with E-state index in [1.807, 2.05) is 11.3 Å². The van der Waals surface area contributed by atoms with Crippen LogP contribution in [0.25, 0.3) is 0 Å². The number of aromatic nitrogens is 1. The second-order valence-corrected chi connectivity index (χ2v) is 7.01. The highest BCUT2D eigenvalue weighted by molar-refractivity contribution is 7.12. The van der Waals surface area contributed by atoms with E-state index in [0.717, 1.165) is 13.2 Å². The fraction of sp³-hybridized carbons (Fsp3) is 0.800. The Balaban J connectivity index is 1.85. The quantitative estimate of drug-likeness (QED) is 0.842. The van der Waals surface area contributed by atoms with Gasteiger partial charge in [-0.25, -0.2) is 4.98 Å². The maximum atomic E-state index is 5.20. The minimum absolute atomic E-state index is 0.119. The van der Waals surface area contributed by atoms with Crippen LogP contribution in [0.5, 0.6) is 0 Å². The van der Waals surface area contributed by atoms with Gasteiger partial charge < -0.3 is 10.1 Å². The summed E-state index contributed by atoms with van der Waals surface area (Å²) in [5.74, 6) is 0.677. The van der Waals surface area contributed by atoms with Gasteiger partial charge in [0.1, 0.15) is 5.01 Å². The third-order valence-corrected chi connectivity index (χ3v) is 6.11. The summed E-state index contributed by atoms with van der Waals surface area (Å²) in [6.45, 7) is 4.07. The van der Waals surface area contributed by atoms with Crippen LogP contribution in [0.3, 0.4) is 0 Å². The SMILES string of the molecule is COCCNC1(c2nc3c(s2)CCC3)CCCC1C. The molecule has 3 nitrogen and oxygen atoms in total. The van der Waals surface area contributed by atoms with E-state index in [9.17, 15) is 0 Å². The van der Waals surface area contributed by atoms with Crippen LogP contribution in [-0.4, -0.2) is 25.2 Å². The van der Waals surface area contributed by atoms with Crippen molar-refractivity contribution in [1.29, 1.82) is 0 Å². The molecule has 1 aromatic rings. The lowest BCUT2D eigenvalue weighted by molar-refractivity contribution is 0.172. The number of fused-ring (bicyclic) bond motifs is 1. The predicted molar refractivity (Wildman–Crippen MR) is 78.7 cm³/mol. The van der Waals surface area contributed by atoms with Crippen molar-refractivity contribution < 1.29 is 4.74 Å². The summed E-state index contributed by atoms with van der Waals surface area (Å²) in [6, 6.07) is 0. The number of aryl methyl sites for hydroxylation is 2. The highest BCUT2D eigenvalue weighted by atomic mass is 32.1. The molecule has 1 N–H and O–H groups in total. The van der Waals surface area contributed by atoms with Crippen molar-refractivity contribution in [1.82, 2.24) is 10.3 Å². The molecule has 4 heteroatoms. The third kappa shape index (κ3) is 2.34. The molecule has 1 heterocycles. The molecule has 0 radical (unpaired) electrons. The molecule has 1 aromatic heterocycles. The van der Waals surface area contributed by atoms with Gasteiger partial charge in [-0.1, -0.05) is 13.3 Å². The molecule has 0 aromatic carbocycles. The molecule has 1 fully saturated rings. The second kappa shape index (κ2) is 5.51. The number of nitrogens with zero attached hydrogens (tertiary/aromatic N) is 1. The summed E-state index contributed by atoms with van der Waals surface area (Å²) < 4.78 is 5.20. The maximum absolute atomic E-state index is 5.20. The monoisotopic (exact) mass is 280 g/mol. The smallest absolute Gasteiger partial charge is 0.114 e. The fourth-order valence-corrected chi connectivity index (χ4v) is 5.05. The van der Waals surface area contributed by atoms with Gasteiger partial charge in [0.2, 0.25) is 0 Å². The normalized spacial score (nSPS) is 29.9. The molecule has 3 rings (SSSR count). The summed E-state index contributed by atoms with van der Waals surface area (Å²) in [4.78, 5) is 6.53. The second-order valence-electron chi connectivity index (χ2n) is 5.93. The zero-order valence-electron chi connectivity index (χ0n) is 12.0. The number of rotatable bonds is 5. The predicted octanol–water partition coefficient (Wildman–Crippen LogP) is 2.88. The molecule has 0 bridgehead atoms. The molecule has 1 saturated carbocycles. The van der Waals surface area contributed by atoms with Crippen LogP contribution in [-0.2, 0) is 23.1 Å². The lowest BCUT2D eigenvalue weighted by Gasteiger charge is -2.33. The highest BCUT2D eigenvalue weighted by Gasteiger charge is 2.44. The van der Waals surface area contributed by atoms with Crippen LogP contribution in [0, 0.1) is 5.92 Å². The van der Waals surface area contributed by atoms with Crippen LogP contribution in [0.4, 0.5) is 0 Å². The summed E-state index contributed by atoms with van der Waals surface area (Å²) in [7, 11) is 1.77. The van der Waals surface area contributed by atoms with E-state index in [4.69, 9.17) is 9.72 Å². The first kappa shape index (κ1) is 13.5. The standard InChI is InChI=1S/C15H24N2OS/c1-11-5-4-8-15(11,16-9-10-18-2)14-17-12-6-3-7-13(12)19-14/h11,16H,3-10H2,1-2H3. The van der Waals surface area contributed by atoms with Crippen LogP contribution >= 0.6 is 11.3 Å². The first-order chi connectivity index (χ1) is 9.26. The lowest BCUT2D eigenvalue weighted by atomic mass is 9.89. The Hall–Kier alpha value is -0.450. The van der Waals surface area contributed by atoms with Crippen molar-refractivity contribution in [2.45, 2.75) is 51.0 Å². The Labute approximate surface area is 119 Å². The van der Waals surface area contributed by atoms with Crippen molar-refractivity contribution in [3.63, 3.8) is 0 Å². The Morgan fingerprint density at radius 3 is 3.00 bits per heavy atom.